The van der Waals surface area contributed by atoms with Gasteiger partial charge in [-0.1, -0.05) is 54.6 Å². The molecular formula is C22H21OPS. The van der Waals surface area contributed by atoms with Gasteiger partial charge in [0.15, 0.2) is 0 Å². The van der Waals surface area contributed by atoms with E-state index in [1.54, 1.807) is 0 Å². The molecule has 0 fully saturated rings. The number of benzene rings is 3. The fourth-order valence-corrected chi connectivity index (χ4v) is 8.88. The van der Waals surface area contributed by atoms with Crippen LogP contribution in [0.2, 0.25) is 0 Å². The van der Waals surface area contributed by atoms with Crippen molar-refractivity contribution in [3.8, 4) is 0 Å². The fourth-order valence-electron chi connectivity index (χ4n) is 3.51. The molecule has 0 radical (unpaired) electrons. The first-order valence-corrected chi connectivity index (χ1v) is 10.5. The largest absolute Gasteiger partial charge is 0.738 e. The van der Waals surface area contributed by atoms with Gasteiger partial charge in [0.1, 0.15) is 28.3 Å². The summed E-state index contributed by atoms with van der Waals surface area (Å²) in [5.41, 5.74) is 0. The number of rotatable bonds is 5. The second-order valence-corrected chi connectivity index (χ2v) is 10.9. The summed E-state index contributed by atoms with van der Waals surface area (Å²) in [4.78, 5) is 12.7. The van der Waals surface area contributed by atoms with Crippen LogP contribution in [0.15, 0.2) is 91.0 Å². The molecule has 0 bridgehead atoms. The van der Waals surface area contributed by atoms with E-state index in [9.17, 15) is 4.79 Å². The van der Waals surface area contributed by atoms with Gasteiger partial charge < -0.3 is 17.4 Å². The van der Waals surface area contributed by atoms with E-state index in [1.807, 2.05) is 68.4 Å². The van der Waals surface area contributed by atoms with Gasteiger partial charge in [0.2, 0.25) is 0 Å². The van der Waals surface area contributed by atoms with E-state index >= 15 is 0 Å². The van der Waals surface area contributed by atoms with Crippen LogP contribution in [0.4, 0.5) is 0 Å². The van der Waals surface area contributed by atoms with Crippen molar-refractivity contribution in [2.75, 3.05) is 0 Å². The van der Waals surface area contributed by atoms with Crippen LogP contribution < -0.4 is 15.9 Å². The standard InChI is InChI=1S/C22H21OPS/c1-22(2,21(23)25)24(18-12-6-3-7-13-18,19-14-8-4-9-15-19)20-16-10-5-11-17-20/h3-17H,1-2H3. The van der Waals surface area contributed by atoms with Crippen LogP contribution in [0.3, 0.4) is 0 Å². The monoisotopic (exact) mass is 364 g/mol. The van der Waals surface area contributed by atoms with Gasteiger partial charge in [-0.25, -0.2) is 0 Å². The van der Waals surface area contributed by atoms with Crippen LogP contribution in [0.5, 0.6) is 0 Å². The first kappa shape index (κ1) is 17.8. The first-order chi connectivity index (χ1) is 12.0. The van der Waals surface area contributed by atoms with Crippen molar-refractivity contribution in [2.45, 2.75) is 19.0 Å². The van der Waals surface area contributed by atoms with Gasteiger partial charge >= 0.3 is 0 Å². The number of carbonyl (C=O) groups excluding carboxylic acids is 1. The molecule has 25 heavy (non-hydrogen) atoms. The van der Waals surface area contributed by atoms with Gasteiger partial charge in [-0.15, -0.1) is 0 Å². The third-order valence-electron chi connectivity index (χ3n) is 4.77. The summed E-state index contributed by atoms with van der Waals surface area (Å²) in [6.45, 7) is 4.01. The van der Waals surface area contributed by atoms with Crippen molar-refractivity contribution in [3.63, 3.8) is 0 Å². The second-order valence-electron chi connectivity index (χ2n) is 6.52. The van der Waals surface area contributed by atoms with Crippen molar-refractivity contribution in [1.29, 1.82) is 0 Å². The summed E-state index contributed by atoms with van der Waals surface area (Å²) in [5, 5.41) is 2.64. The molecule has 126 valence electrons. The number of hydrogen-bond acceptors (Lipinski definition) is 2. The summed E-state index contributed by atoms with van der Waals surface area (Å²) in [7, 11) is -2.27. The van der Waals surface area contributed by atoms with Crippen LogP contribution in [-0.2, 0) is 17.4 Å². The summed E-state index contributed by atoms with van der Waals surface area (Å²) in [6, 6.07) is 31.1. The fraction of sp³-hybridized carbons (Fsp3) is 0.136. The van der Waals surface area contributed by atoms with Crippen molar-refractivity contribution < 1.29 is 4.79 Å². The number of carbonyl (C=O) groups is 1. The SMILES string of the molecule is CC(C)(C(=O)[S-])[P+](c1ccccc1)(c1ccccc1)c1ccccc1. The van der Waals surface area contributed by atoms with Gasteiger partial charge in [0.25, 0.3) is 0 Å². The van der Waals surface area contributed by atoms with Crippen molar-refractivity contribution >= 4 is 40.9 Å². The molecule has 3 rings (SSSR count). The van der Waals surface area contributed by atoms with Crippen LogP contribution >= 0.6 is 7.26 Å². The minimum atomic E-state index is -2.27. The predicted molar refractivity (Wildman–Crippen MR) is 112 cm³/mol. The van der Waals surface area contributed by atoms with Gasteiger partial charge in [-0.05, 0) is 50.2 Å². The molecule has 0 aliphatic carbocycles. The molecule has 0 saturated heterocycles. The minimum absolute atomic E-state index is 0.197. The second kappa shape index (κ2) is 7.07. The molecule has 0 aromatic heterocycles. The zero-order valence-corrected chi connectivity index (χ0v) is 16.1. The Morgan fingerprint density at radius 2 is 0.960 bits per heavy atom. The Labute approximate surface area is 155 Å². The lowest BCUT2D eigenvalue weighted by atomic mass is 10.2. The molecule has 0 spiro atoms. The molecule has 3 aromatic carbocycles. The zero-order valence-electron chi connectivity index (χ0n) is 14.4. The Morgan fingerprint density at radius 1 is 0.680 bits per heavy atom. The lowest BCUT2D eigenvalue weighted by molar-refractivity contribution is -0.112. The molecule has 0 N–H and O–H groups in total. The molecule has 0 aliphatic rings. The Hall–Kier alpha value is -2.02. The van der Waals surface area contributed by atoms with Gasteiger partial charge in [-0.3, -0.25) is 0 Å². The highest BCUT2D eigenvalue weighted by atomic mass is 32.1. The Morgan fingerprint density at radius 3 is 1.20 bits per heavy atom. The van der Waals surface area contributed by atoms with Crippen molar-refractivity contribution in [3.05, 3.63) is 91.0 Å². The van der Waals surface area contributed by atoms with Gasteiger partial charge in [0.05, 0.1) is 5.12 Å². The molecular weight excluding hydrogens is 343 g/mol. The highest BCUT2D eigenvalue weighted by Gasteiger charge is 2.58. The molecule has 0 aliphatic heterocycles. The highest BCUT2D eigenvalue weighted by molar-refractivity contribution is 7.99. The van der Waals surface area contributed by atoms with E-state index in [2.05, 4.69) is 36.4 Å². The first-order valence-electron chi connectivity index (χ1n) is 8.28. The third kappa shape index (κ3) is 2.90. The molecule has 3 heteroatoms. The summed E-state index contributed by atoms with van der Waals surface area (Å²) in [6.07, 6.45) is 0. The van der Waals surface area contributed by atoms with E-state index < -0.39 is 12.4 Å². The zero-order chi connectivity index (χ0) is 17.9. The van der Waals surface area contributed by atoms with E-state index in [4.69, 9.17) is 12.6 Å². The summed E-state index contributed by atoms with van der Waals surface area (Å²) < 4.78 is 0. The molecule has 0 saturated carbocycles. The topological polar surface area (TPSA) is 17.1 Å². The Bertz CT molecular complexity index is 748. The van der Waals surface area contributed by atoms with Crippen LogP contribution in [0, 0.1) is 0 Å². The Balaban J connectivity index is 2.47. The molecule has 3 aromatic rings. The van der Waals surface area contributed by atoms with E-state index in [1.165, 1.54) is 15.9 Å². The normalized spacial score (nSPS) is 11.9. The number of hydrogen-bond donors (Lipinski definition) is 0. The van der Waals surface area contributed by atoms with Gasteiger partial charge in [0, 0.05) is 0 Å². The average molecular weight is 364 g/mol. The van der Waals surface area contributed by atoms with E-state index in [0.29, 0.717) is 0 Å². The quantitative estimate of drug-likeness (QED) is 0.506. The van der Waals surface area contributed by atoms with Crippen LogP contribution in [0.1, 0.15) is 13.8 Å². The highest BCUT2D eigenvalue weighted by Crippen LogP contribution is 2.65. The average Bonchev–Trinajstić information content (AvgIpc) is 2.65. The predicted octanol–water partition coefficient (Wildman–Crippen LogP) is 3.83. The maximum absolute atomic E-state index is 12.7. The van der Waals surface area contributed by atoms with E-state index in [-0.39, 0.29) is 5.12 Å². The molecule has 0 heterocycles. The maximum Gasteiger partial charge on any atom is 0.125 e. The van der Waals surface area contributed by atoms with Crippen molar-refractivity contribution in [2.24, 2.45) is 0 Å². The van der Waals surface area contributed by atoms with Crippen LogP contribution in [-0.4, -0.2) is 10.3 Å². The molecule has 0 amide bonds. The smallest absolute Gasteiger partial charge is 0.125 e. The van der Waals surface area contributed by atoms with Crippen LogP contribution in [0.25, 0.3) is 0 Å². The minimum Gasteiger partial charge on any atom is -0.738 e. The van der Waals surface area contributed by atoms with Crippen molar-refractivity contribution in [1.82, 2.24) is 0 Å². The van der Waals surface area contributed by atoms with E-state index in [0.717, 1.165) is 0 Å². The molecule has 0 atom stereocenters. The Kier molecular flexibility index (Phi) is 5.03. The summed E-state index contributed by atoms with van der Waals surface area (Å²) >= 11 is 5.25. The van der Waals surface area contributed by atoms with Gasteiger partial charge in [-0.2, -0.15) is 0 Å². The molecule has 0 unspecified atom stereocenters. The lowest BCUT2D eigenvalue weighted by Crippen LogP contribution is -2.48. The summed E-state index contributed by atoms with van der Waals surface area (Å²) in [5.74, 6) is 0. The maximum atomic E-state index is 12.7. The lowest BCUT2D eigenvalue weighted by Gasteiger charge is -2.41. The molecule has 1 nitrogen and oxygen atoms in total. The third-order valence-corrected chi connectivity index (χ3v) is 10.5.